The first-order valence-corrected chi connectivity index (χ1v) is 23.4. The number of carbonyl (C=O) groups excluding carboxylic acids is 4. The smallest absolute Gasteiger partial charge is 0.245 e. The Bertz CT molecular complexity index is 2640. The van der Waals surface area contributed by atoms with Crippen molar-refractivity contribution in [2.45, 2.75) is 82.1 Å². The Morgan fingerprint density at radius 2 is 1.70 bits per heavy atom. The highest BCUT2D eigenvalue weighted by Crippen LogP contribution is 2.42. The molecule has 5 atom stereocenters. The van der Waals surface area contributed by atoms with Crippen LogP contribution in [0.15, 0.2) is 91.1 Å². The molecule has 4 aromatic carbocycles. The predicted molar refractivity (Wildman–Crippen MR) is 254 cm³/mol. The number of aryl methyl sites for hydroxylation is 1. The van der Waals surface area contributed by atoms with E-state index in [2.05, 4.69) is 15.6 Å². The summed E-state index contributed by atoms with van der Waals surface area (Å²) >= 11 is 12.7. The molecule has 8 rings (SSSR count). The average Bonchev–Trinajstić information content (AvgIpc) is 3.89. The van der Waals surface area contributed by atoms with E-state index in [0.717, 1.165) is 46.3 Å². The topological polar surface area (TPSA) is 149 Å². The molecule has 3 N–H and O–H groups in total. The van der Waals surface area contributed by atoms with E-state index in [1.165, 1.54) is 17.9 Å². The van der Waals surface area contributed by atoms with Gasteiger partial charge in [-0.2, -0.15) is 0 Å². The summed E-state index contributed by atoms with van der Waals surface area (Å²) in [6.45, 7) is 1.45. The molecule has 0 radical (unpaired) electrons. The number of halogens is 3. The molecule has 2 saturated heterocycles. The summed E-state index contributed by atoms with van der Waals surface area (Å²) in [5.74, 6) is -2.93. The standard InChI is InChI=1S/C51H56Cl2FN7O6/c1-31-48(64)56-43(29-62)49(65)57-51(25-32-10-15-35(52)16-11-32)20-7-21-60(30-51)50(66)40(39-19-14-33-8-5-6-9-38(33)39)24-47(63)61(31)27-41-42(54)22-36(53)23-45(41)67-37-17-12-34(13-18-37)44-26-55-46(59(44)4)28-58(2)3/h5-6,8-13,15-18,22-23,26,31,39-40,43,62H,7,14,19-21,24-25,27-30H2,1-4H3,(H,56,64)(H,57,65)/t31-,39+,40-,43-,51+/m0/s1. The first-order valence-electron chi connectivity index (χ1n) is 22.7. The Hall–Kier alpha value is -5.80. The van der Waals surface area contributed by atoms with Gasteiger partial charge in [-0.15, -0.1) is 0 Å². The quantitative estimate of drug-likeness (QED) is 0.128. The van der Waals surface area contributed by atoms with Gasteiger partial charge in [0.05, 0.1) is 43.0 Å². The third kappa shape index (κ3) is 10.5. The van der Waals surface area contributed by atoms with Crippen LogP contribution in [0.4, 0.5) is 4.39 Å². The van der Waals surface area contributed by atoms with Crippen molar-refractivity contribution in [2.24, 2.45) is 13.0 Å². The zero-order valence-corrected chi connectivity index (χ0v) is 39.6. The monoisotopic (exact) mass is 951 g/mol. The van der Waals surface area contributed by atoms with E-state index < -0.39 is 60.2 Å². The van der Waals surface area contributed by atoms with Gasteiger partial charge in [0.2, 0.25) is 23.6 Å². The lowest BCUT2D eigenvalue weighted by molar-refractivity contribution is -0.148. The van der Waals surface area contributed by atoms with Gasteiger partial charge in [0.25, 0.3) is 0 Å². The van der Waals surface area contributed by atoms with Crippen molar-refractivity contribution in [2.75, 3.05) is 33.8 Å². The Morgan fingerprint density at radius 3 is 2.43 bits per heavy atom. The Labute approximate surface area is 400 Å². The Kier molecular flexibility index (Phi) is 14.4. The molecule has 16 heteroatoms. The van der Waals surface area contributed by atoms with Crippen molar-refractivity contribution in [1.82, 2.24) is 34.9 Å². The molecule has 352 valence electrons. The molecule has 67 heavy (non-hydrogen) atoms. The van der Waals surface area contributed by atoms with Gasteiger partial charge in [0, 0.05) is 47.7 Å². The number of ether oxygens (including phenoxy) is 1. The van der Waals surface area contributed by atoms with Crippen LogP contribution in [0.5, 0.6) is 11.5 Å². The molecule has 4 amide bonds. The fourth-order valence-corrected chi connectivity index (χ4v) is 10.3. The molecular formula is C51H56Cl2FN7O6. The van der Waals surface area contributed by atoms with Crippen molar-refractivity contribution in [3.05, 3.63) is 135 Å². The summed E-state index contributed by atoms with van der Waals surface area (Å²) in [7, 11) is 5.89. The lowest BCUT2D eigenvalue weighted by Crippen LogP contribution is -2.65. The van der Waals surface area contributed by atoms with Crippen LogP contribution >= 0.6 is 23.2 Å². The van der Waals surface area contributed by atoms with Crippen molar-refractivity contribution >= 4 is 46.8 Å². The van der Waals surface area contributed by atoms with Crippen LogP contribution in [0.1, 0.15) is 66.6 Å². The predicted octanol–water partition coefficient (Wildman–Crippen LogP) is 7.05. The lowest BCUT2D eigenvalue weighted by atomic mass is 9.80. The molecule has 1 aromatic heterocycles. The zero-order chi connectivity index (χ0) is 47.6. The number of rotatable bonds is 11. The number of benzene rings is 4. The van der Waals surface area contributed by atoms with E-state index >= 15 is 14.0 Å². The summed E-state index contributed by atoms with van der Waals surface area (Å²) < 4.78 is 24.7. The van der Waals surface area contributed by atoms with Gasteiger partial charge in [0.1, 0.15) is 35.2 Å². The number of piperidine rings is 1. The van der Waals surface area contributed by atoms with Gasteiger partial charge in [-0.3, -0.25) is 19.2 Å². The normalized spacial score (nSPS) is 22.6. The number of carbonyl (C=O) groups is 4. The summed E-state index contributed by atoms with van der Waals surface area (Å²) in [5, 5.41) is 17.0. The van der Waals surface area contributed by atoms with Crippen LogP contribution in [-0.2, 0) is 52.2 Å². The maximum Gasteiger partial charge on any atom is 0.245 e. The molecule has 0 spiro atoms. The Balaban J connectivity index is 1.15. The molecule has 2 fully saturated rings. The van der Waals surface area contributed by atoms with Gasteiger partial charge in [-0.1, -0.05) is 59.6 Å². The summed E-state index contributed by atoms with van der Waals surface area (Å²) in [6, 6.07) is 22.2. The van der Waals surface area contributed by atoms with Crippen LogP contribution in [0.2, 0.25) is 10.0 Å². The lowest BCUT2D eigenvalue weighted by Gasteiger charge is -2.46. The van der Waals surface area contributed by atoms with Crippen molar-refractivity contribution in [1.29, 1.82) is 0 Å². The molecule has 0 saturated carbocycles. The van der Waals surface area contributed by atoms with Gasteiger partial charge in [-0.05, 0) is 124 Å². The number of aromatic nitrogens is 2. The number of amides is 4. The molecule has 3 heterocycles. The molecule has 2 aliphatic heterocycles. The van der Waals surface area contributed by atoms with Gasteiger partial charge >= 0.3 is 0 Å². The van der Waals surface area contributed by atoms with E-state index in [4.69, 9.17) is 27.9 Å². The molecular weight excluding hydrogens is 897 g/mol. The van der Waals surface area contributed by atoms with Crippen molar-refractivity contribution in [3.63, 3.8) is 0 Å². The highest BCUT2D eigenvalue weighted by atomic mass is 35.5. The van der Waals surface area contributed by atoms with Crippen LogP contribution in [0, 0.1) is 11.7 Å². The highest BCUT2D eigenvalue weighted by Gasteiger charge is 2.45. The minimum absolute atomic E-state index is 0.0154. The molecule has 5 aromatic rings. The van der Waals surface area contributed by atoms with Gasteiger partial charge in [0.15, 0.2) is 0 Å². The highest BCUT2D eigenvalue weighted by molar-refractivity contribution is 6.31. The fraction of sp³-hybridized carbons (Fsp3) is 0.392. The summed E-state index contributed by atoms with van der Waals surface area (Å²) in [4.78, 5) is 68.5. The van der Waals surface area contributed by atoms with Crippen molar-refractivity contribution in [3.8, 4) is 22.8 Å². The maximum absolute atomic E-state index is 16.4. The van der Waals surface area contributed by atoms with E-state index in [-0.39, 0.29) is 41.1 Å². The van der Waals surface area contributed by atoms with E-state index in [1.54, 1.807) is 35.4 Å². The van der Waals surface area contributed by atoms with Crippen molar-refractivity contribution < 1.29 is 33.4 Å². The first kappa shape index (κ1) is 47.7. The number of nitrogens with one attached hydrogen (secondary N) is 2. The fourth-order valence-electron chi connectivity index (χ4n) is 9.93. The van der Waals surface area contributed by atoms with E-state index in [0.29, 0.717) is 49.5 Å². The van der Waals surface area contributed by atoms with Crippen LogP contribution in [0.25, 0.3) is 11.3 Å². The molecule has 0 unspecified atom stereocenters. The minimum atomic E-state index is -1.41. The molecule has 2 bridgehead atoms. The Morgan fingerprint density at radius 1 is 0.955 bits per heavy atom. The average molecular weight is 953 g/mol. The second-order valence-electron chi connectivity index (χ2n) is 18.4. The zero-order valence-electron chi connectivity index (χ0n) is 38.1. The number of aliphatic hydroxyl groups excluding tert-OH is 1. The van der Waals surface area contributed by atoms with Crippen LogP contribution in [0.3, 0.4) is 0 Å². The van der Waals surface area contributed by atoms with E-state index in [9.17, 15) is 14.7 Å². The van der Waals surface area contributed by atoms with Gasteiger partial charge in [-0.25, -0.2) is 9.37 Å². The molecule has 3 aliphatic rings. The third-order valence-electron chi connectivity index (χ3n) is 13.5. The number of fused-ring (bicyclic) bond motifs is 3. The minimum Gasteiger partial charge on any atom is -0.457 e. The van der Waals surface area contributed by atoms with Crippen LogP contribution < -0.4 is 15.4 Å². The summed E-state index contributed by atoms with van der Waals surface area (Å²) in [5.41, 5.74) is 3.69. The molecule has 1 aliphatic carbocycles. The SMILES string of the molecule is C[C@H]1C(=O)N[C@@H](CO)C(=O)N[C@@]2(Cc3ccc(Cl)cc3)CCCN(C2)C(=O)[C@H]([C@@H]2CCc3ccccc32)CC(=O)N1Cc1c(F)cc(Cl)cc1Oc1ccc(-c2cnc(CN(C)C)n2C)cc1. The third-order valence-corrected chi connectivity index (χ3v) is 13.9. The summed E-state index contributed by atoms with van der Waals surface area (Å²) in [6.07, 6.45) is 4.26. The van der Waals surface area contributed by atoms with Crippen LogP contribution in [-0.4, -0.2) is 104 Å². The number of hydrogen-bond donors (Lipinski definition) is 3. The number of imidazole rings is 1. The first-order chi connectivity index (χ1) is 32.1. The molecule has 13 nitrogen and oxygen atoms in total. The number of hydrogen-bond acceptors (Lipinski definition) is 8. The van der Waals surface area contributed by atoms with E-state index in [1.807, 2.05) is 79.1 Å². The maximum atomic E-state index is 16.4. The second-order valence-corrected chi connectivity index (χ2v) is 19.3. The largest absolute Gasteiger partial charge is 0.457 e. The van der Waals surface area contributed by atoms with Gasteiger partial charge < -0.3 is 39.7 Å². The number of aliphatic hydroxyl groups is 1. The second kappa shape index (κ2) is 20.2. The number of nitrogens with zero attached hydrogens (tertiary/aromatic N) is 5.